The summed E-state index contributed by atoms with van der Waals surface area (Å²) in [6, 6.07) is 0. The smallest absolute Gasteiger partial charge is 0.748 e. The Hall–Kier alpha value is 1.51. The molecule has 0 saturated heterocycles. The Labute approximate surface area is 211 Å². The molecule has 158 valence electrons. The fourth-order valence-electron chi connectivity index (χ4n) is 3.45. The van der Waals surface area contributed by atoms with Crippen LogP contribution in [0.4, 0.5) is 0 Å². The van der Waals surface area contributed by atoms with E-state index >= 15 is 0 Å². The third-order valence-corrected chi connectivity index (χ3v) is 6.53. The van der Waals surface area contributed by atoms with E-state index in [1.165, 1.54) is 38.5 Å². The maximum absolute atomic E-state index is 11.3. The number of hydrogen-bond donors (Lipinski definition) is 1. The van der Waals surface area contributed by atoms with Crippen LogP contribution in [-0.2, 0) is 10.1 Å². The molecule has 0 amide bonds. The molecule has 6 heteroatoms. The zero-order valence-corrected chi connectivity index (χ0v) is 22.2. The first-order chi connectivity index (χ1) is 12.4. The standard InChI is InChI=1S/C21H44O4S.K/c1-3-5-13-16-20(22)17-14-11-9-7-8-10-12-15-19-21(18-6-4-2)26(23,24)25;/h20-22H,3-19H2,1-2H3,(H,23,24,25);/q;+1/p-1. The van der Waals surface area contributed by atoms with E-state index in [1.807, 2.05) is 6.92 Å². The van der Waals surface area contributed by atoms with Crippen LogP contribution >= 0.6 is 0 Å². The maximum atomic E-state index is 11.3. The maximum Gasteiger partial charge on any atom is 1.00 e. The third-order valence-electron chi connectivity index (χ3n) is 5.24. The van der Waals surface area contributed by atoms with Gasteiger partial charge in [-0.1, -0.05) is 97.3 Å². The van der Waals surface area contributed by atoms with Gasteiger partial charge >= 0.3 is 51.4 Å². The second kappa shape index (κ2) is 20.8. The van der Waals surface area contributed by atoms with Gasteiger partial charge in [0.2, 0.25) is 0 Å². The number of aliphatic hydroxyl groups excluding tert-OH is 1. The minimum atomic E-state index is -4.13. The largest absolute Gasteiger partial charge is 1.00 e. The molecule has 0 radical (unpaired) electrons. The van der Waals surface area contributed by atoms with E-state index in [2.05, 4.69) is 6.92 Å². The van der Waals surface area contributed by atoms with Gasteiger partial charge in [-0.25, -0.2) is 8.42 Å². The van der Waals surface area contributed by atoms with Gasteiger partial charge in [-0.15, -0.1) is 0 Å². The van der Waals surface area contributed by atoms with Crippen molar-refractivity contribution >= 4 is 10.1 Å². The van der Waals surface area contributed by atoms with Crippen LogP contribution in [0.1, 0.15) is 123 Å². The van der Waals surface area contributed by atoms with Crippen LogP contribution in [0.25, 0.3) is 0 Å². The van der Waals surface area contributed by atoms with Gasteiger partial charge in [0.25, 0.3) is 0 Å². The van der Waals surface area contributed by atoms with Gasteiger partial charge in [-0.3, -0.25) is 0 Å². The van der Waals surface area contributed by atoms with E-state index in [1.54, 1.807) is 0 Å². The summed E-state index contributed by atoms with van der Waals surface area (Å²) in [5.74, 6) is 0. The molecule has 2 atom stereocenters. The molecule has 0 aromatic carbocycles. The van der Waals surface area contributed by atoms with E-state index in [0.29, 0.717) is 12.8 Å². The Kier molecular flexibility index (Phi) is 23.6. The number of unbranched alkanes of at least 4 members (excludes halogenated alkanes) is 10. The molecule has 1 N–H and O–H groups in total. The summed E-state index contributed by atoms with van der Waals surface area (Å²) in [4.78, 5) is 0. The van der Waals surface area contributed by atoms with E-state index < -0.39 is 15.4 Å². The van der Waals surface area contributed by atoms with Crippen molar-refractivity contribution in [3.63, 3.8) is 0 Å². The van der Waals surface area contributed by atoms with Gasteiger partial charge < -0.3 is 9.66 Å². The summed E-state index contributed by atoms with van der Waals surface area (Å²) in [6.07, 6.45) is 17.1. The molecule has 0 aromatic heterocycles. The Bertz CT molecular complexity index is 401. The predicted octanol–water partition coefficient (Wildman–Crippen LogP) is 2.94. The van der Waals surface area contributed by atoms with Gasteiger partial charge in [-0.2, -0.15) is 0 Å². The average molecular weight is 431 g/mol. The Balaban J connectivity index is 0. The molecule has 2 unspecified atom stereocenters. The van der Waals surface area contributed by atoms with Crippen LogP contribution in [0, 0.1) is 0 Å². The van der Waals surface area contributed by atoms with Crippen molar-refractivity contribution in [3.05, 3.63) is 0 Å². The molecule has 27 heavy (non-hydrogen) atoms. The minimum absolute atomic E-state index is 0. The first-order valence-corrected chi connectivity index (χ1v) is 12.5. The van der Waals surface area contributed by atoms with Crippen LogP contribution in [-0.4, -0.2) is 29.4 Å². The van der Waals surface area contributed by atoms with Crippen molar-refractivity contribution in [2.24, 2.45) is 0 Å². The van der Waals surface area contributed by atoms with Crippen LogP contribution in [0.15, 0.2) is 0 Å². The molecular weight excluding hydrogens is 387 g/mol. The van der Waals surface area contributed by atoms with Crippen molar-refractivity contribution in [2.45, 2.75) is 134 Å². The van der Waals surface area contributed by atoms with E-state index in [-0.39, 0.29) is 57.5 Å². The summed E-state index contributed by atoms with van der Waals surface area (Å²) >= 11 is 0. The van der Waals surface area contributed by atoms with Crippen LogP contribution < -0.4 is 51.4 Å². The molecular formula is C21H43KO4S. The Morgan fingerprint density at radius 3 is 1.48 bits per heavy atom. The van der Waals surface area contributed by atoms with E-state index in [9.17, 15) is 18.1 Å². The first kappa shape index (κ1) is 30.7. The van der Waals surface area contributed by atoms with Gasteiger partial charge in [0.05, 0.1) is 16.2 Å². The van der Waals surface area contributed by atoms with Crippen molar-refractivity contribution < 1.29 is 69.5 Å². The predicted molar refractivity (Wildman–Crippen MR) is 109 cm³/mol. The molecule has 0 saturated carbocycles. The second-order valence-corrected chi connectivity index (χ2v) is 9.46. The molecule has 0 bridgehead atoms. The molecule has 0 spiro atoms. The normalized spacial score (nSPS) is 13.9. The number of aliphatic hydroxyl groups is 1. The summed E-state index contributed by atoms with van der Waals surface area (Å²) in [5.41, 5.74) is 0. The zero-order chi connectivity index (χ0) is 19.7. The van der Waals surface area contributed by atoms with Crippen molar-refractivity contribution in [1.29, 1.82) is 0 Å². The second-order valence-electron chi connectivity index (χ2n) is 7.81. The average Bonchev–Trinajstić information content (AvgIpc) is 2.58. The summed E-state index contributed by atoms with van der Waals surface area (Å²) < 4.78 is 33.8. The van der Waals surface area contributed by atoms with Crippen LogP contribution in [0.3, 0.4) is 0 Å². The van der Waals surface area contributed by atoms with Gasteiger partial charge in [0, 0.05) is 5.25 Å². The molecule has 0 heterocycles. The van der Waals surface area contributed by atoms with Crippen molar-refractivity contribution in [3.8, 4) is 0 Å². The summed E-state index contributed by atoms with van der Waals surface area (Å²) in [7, 11) is -4.13. The van der Waals surface area contributed by atoms with E-state index in [4.69, 9.17) is 0 Å². The third kappa shape index (κ3) is 20.6. The number of hydrogen-bond acceptors (Lipinski definition) is 4. The number of rotatable bonds is 19. The molecule has 0 aromatic rings. The fraction of sp³-hybridized carbons (Fsp3) is 1.00. The van der Waals surface area contributed by atoms with Gasteiger partial charge in [0.15, 0.2) is 0 Å². The molecule has 0 aliphatic carbocycles. The van der Waals surface area contributed by atoms with Gasteiger partial charge in [0.1, 0.15) is 0 Å². The zero-order valence-electron chi connectivity index (χ0n) is 18.3. The topological polar surface area (TPSA) is 77.4 Å². The quantitative estimate of drug-likeness (QED) is 0.194. The van der Waals surface area contributed by atoms with Crippen molar-refractivity contribution in [1.82, 2.24) is 0 Å². The fourth-order valence-corrected chi connectivity index (χ4v) is 4.36. The minimum Gasteiger partial charge on any atom is -0.748 e. The first-order valence-electron chi connectivity index (χ1n) is 11.0. The van der Waals surface area contributed by atoms with Crippen LogP contribution in [0.2, 0.25) is 0 Å². The SMILES string of the molecule is CCCCCC(O)CCCCCCCCCCC(CCCC)S(=O)(=O)[O-].[K+]. The summed E-state index contributed by atoms with van der Waals surface area (Å²) in [6.45, 7) is 4.20. The Morgan fingerprint density at radius 2 is 1.04 bits per heavy atom. The van der Waals surface area contributed by atoms with Crippen LogP contribution in [0.5, 0.6) is 0 Å². The molecule has 0 aliphatic rings. The van der Waals surface area contributed by atoms with Crippen molar-refractivity contribution in [2.75, 3.05) is 0 Å². The molecule has 0 aliphatic heterocycles. The molecule has 4 nitrogen and oxygen atoms in total. The molecule has 0 rings (SSSR count). The molecule has 0 fully saturated rings. The Morgan fingerprint density at radius 1 is 0.667 bits per heavy atom. The monoisotopic (exact) mass is 430 g/mol. The van der Waals surface area contributed by atoms with E-state index in [0.717, 1.165) is 57.8 Å². The summed E-state index contributed by atoms with van der Waals surface area (Å²) in [5, 5.41) is 9.19. The van der Waals surface area contributed by atoms with Gasteiger partial charge in [-0.05, 0) is 25.7 Å².